The van der Waals surface area contributed by atoms with E-state index in [0.29, 0.717) is 30.6 Å². The molecule has 2 aliphatic heterocycles. The number of carbonyl (C=O) groups is 1. The van der Waals surface area contributed by atoms with Gasteiger partial charge in [-0.15, -0.1) is 5.10 Å². The summed E-state index contributed by atoms with van der Waals surface area (Å²) < 4.78 is 3.25. The standard InChI is InChI=1S/C19H26N6O2/c26-18-4-2-16(12-20-18)13-23-10-6-15(7-11-23)14-25-19(27)5-3-17(22-25)24-9-1-8-21-24/h1,3,5,8-9,15-16H,2,4,6-7,10-14H2,(H,20,26). The Balaban J connectivity index is 1.31. The molecule has 1 unspecified atom stereocenters. The van der Waals surface area contributed by atoms with Crippen LogP contribution in [0.5, 0.6) is 0 Å². The number of carbonyl (C=O) groups excluding carboxylic acids is 1. The van der Waals surface area contributed by atoms with E-state index in [9.17, 15) is 9.59 Å². The van der Waals surface area contributed by atoms with Gasteiger partial charge in [0.1, 0.15) is 0 Å². The van der Waals surface area contributed by atoms with Gasteiger partial charge in [-0.25, -0.2) is 9.36 Å². The second-order valence-corrected chi connectivity index (χ2v) is 7.62. The molecule has 2 saturated heterocycles. The number of hydrogen-bond acceptors (Lipinski definition) is 5. The normalized spacial score (nSPS) is 21.9. The Morgan fingerprint density at radius 3 is 2.63 bits per heavy atom. The minimum atomic E-state index is -0.0636. The van der Waals surface area contributed by atoms with Crippen LogP contribution in [0.15, 0.2) is 35.4 Å². The van der Waals surface area contributed by atoms with Gasteiger partial charge in [0.25, 0.3) is 5.56 Å². The van der Waals surface area contributed by atoms with Crippen molar-refractivity contribution in [1.82, 2.24) is 29.8 Å². The largest absolute Gasteiger partial charge is 0.356 e. The van der Waals surface area contributed by atoms with Gasteiger partial charge in [-0.2, -0.15) is 5.10 Å². The maximum Gasteiger partial charge on any atom is 0.266 e. The smallest absolute Gasteiger partial charge is 0.266 e. The Morgan fingerprint density at radius 2 is 1.93 bits per heavy atom. The summed E-state index contributed by atoms with van der Waals surface area (Å²) in [5, 5.41) is 11.6. The van der Waals surface area contributed by atoms with E-state index in [2.05, 4.69) is 20.4 Å². The molecule has 1 amide bonds. The van der Waals surface area contributed by atoms with Gasteiger partial charge < -0.3 is 10.2 Å². The van der Waals surface area contributed by atoms with E-state index >= 15 is 0 Å². The zero-order valence-corrected chi connectivity index (χ0v) is 15.5. The maximum atomic E-state index is 12.2. The van der Waals surface area contributed by atoms with E-state index in [0.717, 1.165) is 45.4 Å². The minimum Gasteiger partial charge on any atom is -0.356 e. The molecule has 4 heterocycles. The average molecular weight is 370 g/mol. The lowest BCUT2D eigenvalue weighted by Crippen LogP contribution is -2.44. The summed E-state index contributed by atoms with van der Waals surface area (Å²) in [6, 6.07) is 5.11. The third-order valence-corrected chi connectivity index (χ3v) is 5.61. The summed E-state index contributed by atoms with van der Waals surface area (Å²) in [6.07, 6.45) is 7.31. The van der Waals surface area contributed by atoms with Gasteiger partial charge in [-0.1, -0.05) is 0 Å². The van der Waals surface area contributed by atoms with Gasteiger partial charge in [0.2, 0.25) is 5.91 Å². The van der Waals surface area contributed by atoms with Crippen LogP contribution in [0.4, 0.5) is 0 Å². The molecule has 2 aromatic heterocycles. The number of likely N-dealkylation sites (tertiary alicyclic amines) is 1. The van der Waals surface area contributed by atoms with Gasteiger partial charge in [0.05, 0.1) is 0 Å². The lowest BCUT2D eigenvalue weighted by atomic mass is 9.94. The summed E-state index contributed by atoms with van der Waals surface area (Å²) in [6.45, 7) is 4.60. The summed E-state index contributed by atoms with van der Waals surface area (Å²) in [4.78, 5) is 26.0. The van der Waals surface area contributed by atoms with Gasteiger partial charge in [-0.3, -0.25) is 9.59 Å². The van der Waals surface area contributed by atoms with Gasteiger partial charge in [-0.05, 0) is 56.3 Å². The number of amides is 1. The molecule has 0 aliphatic carbocycles. The highest BCUT2D eigenvalue weighted by Gasteiger charge is 2.25. The zero-order chi connectivity index (χ0) is 18.6. The van der Waals surface area contributed by atoms with Crippen LogP contribution < -0.4 is 10.9 Å². The fourth-order valence-electron chi connectivity index (χ4n) is 4.00. The molecule has 2 fully saturated rings. The molecule has 8 nitrogen and oxygen atoms in total. The van der Waals surface area contributed by atoms with Gasteiger partial charge in [0.15, 0.2) is 5.82 Å². The number of nitrogens with zero attached hydrogens (tertiary/aromatic N) is 5. The molecular weight excluding hydrogens is 344 g/mol. The highest BCUT2D eigenvalue weighted by molar-refractivity contribution is 5.76. The van der Waals surface area contributed by atoms with Crippen molar-refractivity contribution in [3.8, 4) is 5.82 Å². The molecule has 1 atom stereocenters. The first-order chi connectivity index (χ1) is 13.2. The van der Waals surface area contributed by atoms with Crippen LogP contribution in [-0.4, -0.2) is 56.5 Å². The molecule has 0 saturated carbocycles. The average Bonchev–Trinajstić information content (AvgIpc) is 3.22. The quantitative estimate of drug-likeness (QED) is 0.836. The first kappa shape index (κ1) is 17.9. The lowest BCUT2D eigenvalue weighted by molar-refractivity contribution is -0.123. The second-order valence-electron chi connectivity index (χ2n) is 7.62. The molecule has 0 radical (unpaired) electrons. The Hall–Kier alpha value is -2.48. The van der Waals surface area contributed by atoms with E-state index in [1.165, 1.54) is 0 Å². The van der Waals surface area contributed by atoms with Crippen LogP contribution in [0.25, 0.3) is 5.82 Å². The molecule has 27 heavy (non-hydrogen) atoms. The molecule has 1 N–H and O–H groups in total. The molecule has 4 rings (SSSR count). The number of nitrogens with one attached hydrogen (secondary N) is 1. The van der Waals surface area contributed by atoms with E-state index in [1.54, 1.807) is 27.7 Å². The number of rotatable bonds is 5. The molecule has 8 heteroatoms. The minimum absolute atomic E-state index is 0.0636. The second kappa shape index (κ2) is 8.04. The van der Waals surface area contributed by atoms with E-state index in [4.69, 9.17) is 0 Å². The van der Waals surface area contributed by atoms with Crippen molar-refractivity contribution in [2.24, 2.45) is 11.8 Å². The predicted octanol–water partition coefficient (Wildman–Crippen LogP) is 0.667. The molecule has 2 aliphatic rings. The topological polar surface area (TPSA) is 85.1 Å². The number of aromatic nitrogens is 4. The van der Waals surface area contributed by atoms with Crippen LogP contribution in [0.2, 0.25) is 0 Å². The van der Waals surface area contributed by atoms with Crippen LogP contribution >= 0.6 is 0 Å². The van der Waals surface area contributed by atoms with Crippen molar-refractivity contribution in [2.75, 3.05) is 26.2 Å². The SMILES string of the molecule is O=C1CCC(CN2CCC(Cn3nc(-n4cccn4)ccc3=O)CC2)CN1. The monoisotopic (exact) mass is 370 g/mol. The highest BCUT2D eigenvalue weighted by Crippen LogP contribution is 2.21. The first-order valence-corrected chi connectivity index (χ1v) is 9.74. The van der Waals surface area contributed by atoms with Crippen molar-refractivity contribution in [2.45, 2.75) is 32.2 Å². The van der Waals surface area contributed by atoms with Crippen molar-refractivity contribution in [1.29, 1.82) is 0 Å². The number of piperidine rings is 2. The molecular formula is C19H26N6O2. The zero-order valence-electron chi connectivity index (χ0n) is 15.5. The van der Waals surface area contributed by atoms with Crippen LogP contribution in [0.3, 0.4) is 0 Å². The number of hydrogen-bond donors (Lipinski definition) is 1. The maximum absolute atomic E-state index is 12.2. The van der Waals surface area contributed by atoms with Crippen molar-refractivity contribution in [3.63, 3.8) is 0 Å². The Kier molecular flexibility index (Phi) is 5.33. The molecule has 144 valence electrons. The summed E-state index contributed by atoms with van der Waals surface area (Å²) in [5.41, 5.74) is -0.0636. The van der Waals surface area contributed by atoms with Crippen LogP contribution in [-0.2, 0) is 11.3 Å². The molecule has 0 bridgehead atoms. The van der Waals surface area contributed by atoms with Gasteiger partial charge >= 0.3 is 0 Å². The van der Waals surface area contributed by atoms with E-state index < -0.39 is 0 Å². The molecule has 0 spiro atoms. The van der Waals surface area contributed by atoms with E-state index in [1.807, 2.05) is 12.3 Å². The van der Waals surface area contributed by atoms with Crippen molar-refractivity contribution in [3.05, 3.63) is 40.9 Å². The Morgan fingerprint density at radius 1 is 1.07 bits per heavy atom. The Bertz CT molecular complexity index is 813. The molecule has 0 aromatic carbocycles. The summed E-state index contributed by atoms with van der Waals surface area (Å²) >= 11 is 0. The fraction of sp³-hybridized carbons (Fsp3) is 0.579. The van der Waals surface area contributed by atoms with Crippen LogP contribution in [0.1, 0.15) is 25.7 Å². The van der Waals surface area contributed by atoms with Crippen LogP contribution in [0, 0.1) is 11.8 Å². The third-order valence-electron chi connectivity index (χ3n) is 5.61. The third kappa shape index (κ3) is 4.44. The fourth-order valence-corrected chi connectivity index (χ4v) is 4.00. The lowest BCUT2D eigenvalue weighted by Gasteiger charge is -2.35. The van der Waals surface area contributed by atoms with Crippen molar-refractivity contribution >= 4 is 5.91 Å². The predicted molar refractivity (Wildman–Crippen MR) is 101 cm³/mol. The first-order valence-electron chi connectivity index (χ1n) is 9.74. The summed E-state index contributed by atoms with van der Waals surface area (Å²) in [7, 11) is 0. The summed E-state index contributed by atoms with van der Waals surface area (Å²) in [5.74, 6) is 1.87. The Labute approximate surface area is 158 Å². The van der Waals surface area contributed by atoms with E-state index in [-0.39, 0.29) is 11.5 Å². The molecule has 2 aromatic rings. The van der Waals surface area contributed by atoms with Crippen molar-refractivity contribution < 1.29 is 4.79 Å². The highest BCUT2D eigenvalue weighted by atomic mass is 16.1. The van der Waals surface area contributed by atoms with Gasteiger partial charge in [0, 0.05) is 44.5 Å².